The van der Waals surface area contributed by atoms with Gasteiger partial charge in [0.2, 0.25) is 0 Å². The van der Waals surface area contributed by atoms with E-state index in [2.05, 4.69) is 14.8 Å². The van der Waals surface area contributed by atoms with Gasteiger partial charge in [-0.2, -0.15) is 18.2 Å². The summed E-state index contributed by atoms with van der Waals surface area (Å²) in [5.41, 5.74) is 0.547. The molecule has 0 saturated carbocycles. The Labute approximate surface area is 219 Å². The van der Waals surface area contributed by atoms with Crippen LogP contribution in [0.4, 0.5) is 5.69 Å². The fraction of sp³-hybridized carbons (Fsp3) is 0.179. The fourth-order valence-corrected chi connectivity index (χ4v) is 5.19. The predicted octanol–water partition coefficient (Wildman–Crippen LogP) is 4.73. The summed E-state index contributed by atoms with van der Waals surface area (Å²) in [6, 6.07) is 20.8. The third kappa shape index (κ3) is 4.90. The number of hydrogen-bond acceptors (Lipinski definition) is 7. The maximum absolute atomic E-state index is 13.5. The molecule has 0 unspecified atom stereocenters. The van der Waals surface area contributed by atoms with Crippen LogP contribution >= 0.6 is 0 Å². The van der Waals surface area contributed by atoms with Gasteiger partial charge in [0.15, 0.2) is 5.84 Å². The highest BCUT2D eigenvalue weighted by atomic mass is 32.2. The quantitative estimate of drug-likeness (QED) is 0.333. The van der Waals surface area contributed by atoms with Crippen LogP contribution in [0.3, 0.4) is 0 Å². The molecule has 0 fully saturated rings. The van der Waals surface area contributed by atoms with Gasteiger partial charge in [0.05, 0.1) is 11.2 Å². The average Bonchev–Trinajstić information content (AvgIpc) is 2.90. The molecule has 4 aromatic rings. The molecule has 5 rings (SSSR count). The summed E-state index contributed by atoms with van der Waals surface area (Å²) in [6.07, 6.45) is 2.26. The molecule has 0 radical (unpaired) electrons. The number of rotatable bonds is 7. The highest BCUT2D eigenvalue weighted by Gasteiger charge is 2.30. The first kappa shape index (κ1) is 25.2. The number of aromatic nitrogens is 1. The lowest BCUT2D eigenvalue weighted by Crippen LogP contribution is -2.31. The first-order valence-corrected chi connectivity index (χ1v) is 13.5. The number of benzene rings is 3. The molecule has 3 aromatic carbocycles. The van der Waals surface area contributed by atoms with Crippen molar-refractivity contribution in [3.05, 3.63) is 94.3 Å². The van der Waals surface area contributed by atoms with Gasteiger partial charge in [0.1, 0.15) is 28.6 Å². The van der Waals surface area contributed by atoms with Gasteiger partial charge in [-0.15, -0.1) is 4.40 Å². The SMILES string of the molecule is CC(C)C/C=N\n1c(=O)c(C2=NS(=O)(=O)c3cc(OCc4ccccc4)ccc3N2)c(O)c2ccccc21. The second-order valence-corrected chi connectivity index (χ2v) is 10.8. The smallest absolute Gasteiger partial charge is 0.286 e. The fourth-order valence-electron chi connectivity index (χ4n) is 4.06. The predicted molar refractivity (Wildman–Crippen MR) is 148 cm³/mol. The summed E-state index contributed by atoms with van der Waals surface area (Å²) < 4.78 is 37.2. The van der Waals surface area contributed by atoms with Gasteiger partial charge in [-0.25, -0.2) is 0 Å². The van der Waals surface area contributed by atoms with Crippen LogP contribution in [0.1, 0.15) is 31.4 Å². The van der Waals surface area contributed by atoms with Gasteiger partial charge >= 0.3 is 0 Å². The van der Waals surface area contributed by atoms with Crippen molar-refractivity contribution < 1.29 is 18.3 Å². The van der Waals surface area contributed by atoms with Crippen LogP contribution in [0.2, 0.25) is 0 Å². The van der Waals surface area contributed by atoms with E-state index in [1.54, 1.807) is 42.6 Å². The molecule has 0 bridgehead atoms. The van der Waals surface area contributed by atoms with Gasteiger partial charge in [-0.1, -0.05) is 56.3 Å². The van der Waals surface area contributed by atoms with E-state index in [9.17, 15) is 18.3 Å². The van der Waals surface area contributed by atoms with Crippen LogP contribution in [-0.2, 0) is 16.6 Å². The van der Waals surface area contributed by atoms with Gasteiger partial charge in [0.25, 0.3) is 15.6 Å². The Morgan fingerprint density at radius 2 is 1.82 bits per heavy atom. The Morgan fingerprint density at radius 3 is 2.58 bits per heavy atom. The highest BCUT2D eigenvalue weighted by molar-refractivity contribution is 7.90. The standard InChI is InChI=1S/C28H26N4O5S/c1-18(2)14-15-29-32-23-11-7-6-10-21(23)26(33)25(28(32)34)27-30-22-13-12-20(16-24(22)38(35,36)31-27)37-17-19-8-4-3-5-9-19/h3-13,15-16,18,33H,14,17H2,1-2H3,(H,30,31)/b29-15-. The van der Waals surface area contributed by atoms with Crippen molar-refractivity contribution in [3.8, 4) is 11.5 Å². The first-order chi connectivity index (χ1) is 18.2. The zero-order valence-electron chi connectivity index (χ0n) is 20.8. The number of pyridine rings is 1. The lowest BCUT2D eigenvalue weighted by Gasteiger charge is -2.20. The van der Waals surface area contributed by atoms with Crippen LogP contribution in [0.5, 0.6) is 11.5 Å². The Bertz CT molecular complexity index is 1740. The van der Waals surface area contributed by atoms with E-state index in [4.69, 9.17) is 4.74 Å². The lowest BCUT2D eigenvalue weighted by atomic mass is 10.1. The van der Waals surface area contributed by atoms with E-state index >= 15 is 0 Å². The van der Waals surface area contributed by atoms with Crippen LogP contribution in [0, 0.1) is 5.92 Å². The second-order valence-electron chi connectivity index (χ2n) is 9.26. The molecule has 38 heavy (non-hydrogen) atoms. The molecule has 1 aromatic heterocycles. The van der Waals surface area contributed by atoms with Crippen LogP contribution in [0.15, 0.2) is 92.0 Å². The van der Waals surface area contributed by atoms with Crippen LogP contribution in [0.25, 0.3) is 10.9 Å². The number of hydrogen-bond donors (Lipinski definition) is 2. The topological polar surface area (TPSA) is 122 Å². The highest BCUT2D eigenvalue weighted by Crippen LogP contribution is 2.34. The van der Waals surface area contributed by atoms with Crippen LogP contribution in [-0.4, -0.2) is 30.3 Å². The lowest BCUT2D eigenvalue weighted by molar-refractivity contribution is 0.305. The maximum Gasteiger partial charge on any atom is 0.286 e. The summed E-state index contributed by atoms with van der Waals surface area (Å²) in [6.45, 7) is 4.32. The first-order valence-electron chi connectivity index (χ1n) is 12.1. The average molecular weight is 531 g/mol. The molecule has 2 heterocycles. The number of ether oxygens (including phenoxy) is 1. The van der Waals surface area contributed by atoms with E-state index in [1.165, 1.54) is 6.07 Å². The molecule has 194 valence electrons. The molecule has 0 spiro atoms. The van der Waals surface area contributed by atoms with Crippen molar-refractivity contribution in [1.29, 1.82) is 0 Å². The molecule has 2 N–H and O–H groups in total. The number of fused-ring (bicyclic) bond motifs is 2. The molecule has 9 nitrogen and oxygen atoms in total. The molecule has 0 atom stereocenters. The largest absolute Gasteiger partial charge is 0.506 e. The summed E-state index contributed by atoms with van der Waals surface area (Å²) in [4.78, 5) is 13.4. The summed E-state index contributed by atoms with van der Waals surface area (Å²) in [7, 11) is -4.22. The molecular weight excluding hydrogens is 504 g/mol. The van der Waals surface area contributed by atoms with Crippen molar-refractivity contribution in [2.75, 3.05) is 5.32 Å². The number of sulfonamides is 1. The van der Waals surface area contributed by atoms with E-state index in [-0.39, 0.29) is 34.3 Å². The minimum Gasteiger partial charge on any atom is -0.506 e. The number of anilines is 1. The van der Waals surface area contributed by atoms with Gasteiger partial charge in [-0.05, 0) is 42.2 Å². The third-order valence-corrected chi connectivity index (χ3v) is 7.30. The summed E-state index contributed by atoms with van der Waals surface area (Å²) >= 11 is 0. The number of amidine groups is 1. The number of para-hydroxylation sites is 1. The zero-order chi connectivity index (χ0) is 26.9. The normalized spacial score (nSPS) is 14.3. The van der Waals surface area contributed by atoms with Crippen molar-refractivity contribution in [2.45, 2.75) is 31.8 Å². The van der Waals surface area contributed by atoms with Gasteiger partial charge in [-0.3, -0.25) is 4.79 Å². The van der Waals surface area contributed by atoms with Gasteiger partial charge < -0.3 is 15.2 Å². The zero-order valence-corrected chi connectivity index (χ0v) is 21.6. The third-order valence-electron chi connectivity index (χ3n) is 5.98. The van der Waals surface area contributed by atoms with Crippen molar-refractivity contribution >= 4 is 38.7 Å². The minimum atomic E-state index is -4.22. The van der Waals surface area contributed by atoms with Crippen molar-refractivity contribution in [1.82, 2.24) is 4.68 Å². The maximum atomic E-state index is 13.5. The second kappa shape index (κ2) is 10.1. The molecule has 1 aliphatic heterocycles. The summed E-state index contributed by atoms with van der Waals surface area (Å²) in [5.74, 6) is 0.0158. The van der Waals surface area contributed by atoms with Crippen molar-refractivity contribution in [2.24, 2.45) is 15.4 Å². The number of aromatic hydroxyl groups is 1. The molecule has 1 aliphatic rings. The molecule has 0 amide bonds. The molecule has 0 aliphatic carbocycles. The van der Waals surface area contributed by atoms with Crippen LogP contribution < -0.4 is 15.6 Å². The monoisotopic (exact) mass is 530 g/mol. The molecule has 10 heteroatoms. The van der Waals surface area contributed by atoms with E-state index < -0.39 is 15.6 Å². The molecule has 0 saturated heterocycles. The van der Waals surface area contributed by atoms with Crippen molar-refractivity contribution in [3.63, 3.8) is 0 Å². The van der Waals surface area contributed by atoms with Gasteiger partial charge in [0, 0.05) is 17.7 Å². The summed E-state index contributed by atoms with van der Waals surface area (Å²) in [5, 5.41) is 18.6. The Morgan fingerprint density at radius 1 is 1.08 bits per heavy atom. The Balaban J connectivity index is 1.55. The van der Waals surface area contributed by atoms with E-state index in [1.807, 2.05) is 44.2 Å². The Hall–Kier alpha value is -4.44. The Kier molecular flexibility index (Phi) is 6.73. The minimum absolute atomic E-state index is 0.0950. The number of nitrogens with one attached hydrogen (secondary N) is 1. The number of nitrogens with zero attached hydrogens (tertiary/aromatic N) is 3. The molecular formula is C28H26N4O5S. The van der Waals surface area contributed by atoms with E-state index in [0.29, 0.717) is 29.0 Å². The van der Waals surface area contributed by atoms with E-state index in [0.717, 1.165) is 10.2 Å².